The van der Waals surface area contributed by atoms with E-state index in [4.69, 9.17) is 0 Å². The molecule has 2 heterocycles. The summed E-state index contributed by atoms with van der Waals surface area (Å²) in [5.74, 6) is 0.256. The standard InChI is InChI=1S/C15H29N3O2/c19-14(13-17-8-4-5-9-17)12-16-7-6-15(20)18-10-2-1-3-11-18/h14,16,19H,1-13H2. The number of aliphatic hydroxyl groups excluding tert-OH is 1. The van der Waals surface area contributed by atoms with Gasteiger partial charge in [0, 0.05) is 39.1 Å². The maximum Gasteiger partial charge on any atom is 0.223 e. The summed E-state index contributed by atoms with van der Waals surface area (Å²) >= 11 is 0. The van der Waals surface area contributed by atoms with E-state index in [0.29, 0.717) is 19.5 Å². The number of carbonyl (C=O) groups is 1. The summed E-state index contributed by atoms with van der Waals surface area (Å²) in [6, 6.07) is 0. The first kappa shape index (κ1) is 15.7. The number of nitrogens with zero attached hydrogens (tertiary/aromatic N) is 2. The zero-order valence-electron chi connectivity index (χ0n) is 12.5. The first-order valence-corrected chi connectivity index (χ1v) is 8.14. The monoisotopic (exact) mass is 283 g/mol. The SMILES string of the molecule is O=C(CCNCC(O)CN1CCCC1)N1CCCCC1. The fourth-order valence-corrected chi connectivity index (χ4v) is 3.09. The number of aliphatic hydroxyl groups is 1. The van der Waals surface area contributed by atoms with Crippen LogP contribution in [0.15, 0.2) is 0 Å². The Balaban J connectivity index is 1.50. The van der Waals surface area contributed by atoms with Gasteiger partial charge in [-0.15, -0.1) is 0 Å². The topological polar surface area (TPSA) is 55.8 Å². The number of β-amino-alcohol motifs (C(OH)–C–C–N with tert-alkyl or cyclic N) is 1. The molecular formula is C15H29N3O2. The summed E-state index contributed by atoms with van der Waals surface area (Å²) in [4.78, 5) is 16.2. The highest BCUT2D eigenvalue weighted by Crippen LogP contribution is 2.09. The molecule has 0 radical (unpaired) electrons. The van der Waals surface area contributed by atoms with Crippen LogP contribution >= 0.6 is 0 Å². The number of hydrogen-bond acceptors (Lipinski definition) is 4. The van der Waals surface area contributed by atoms with Crippen molar-refractivity contribution < 1.29 is 9.90 Å². The van der Waals surface area contributed by atoms with Gasteiger partial charge in [0.1, 0.15) is 0 Å². The van der Waals surface area contributed by atoms with Crippen LogP contribution in [0, 0.1) is 0 Å². The smallest absolute Gasteiger partial charge is 0.223 e. The van der Waals surface area contributed by atoms with E-state index in [2.05, 4.69) is 10.2 Å². The molecule has 116 valence electrons. The number of nitrogens with one attached hydrogen (secondary N) is 1. The lowest BCUT2D eigenvalue weighted by atomic mass is 10.1. The first-order chi connectivity index (χ1) is 9.75. The van der Waals surface area contributed by atoms with Crippen molar-refractivity contribution >= 4 is 5.91 Å². The Kier molecular flexibility index (Phi) is 6.76. The fourth-order valence-electron chi connectivity index (χ4n) is 3.09. The molecule has 2 aliphatic heterocycles. The second-order valence-electron chi connectivity index (χ2n) is 6.06. The first-order valence-electron chi connectivity index (χ1n) is 8.14. The number of piperidine rings is 1. The molecule has 0 aromatic heterocycles. The number of carbonyl (C=O) groups excluding carboxylic acids is 1. The molecule has 5 heteroatoms. The van der Waals surface area contributed by atoms with Gasteiger partial charge in [0.05, 0.1) is 6.10 Å². The van der Waals surface area contributed by atoms with Crippen molar-refractivity contribution in [3.05, 3.63) is 0 Å². The Morgan fingerprint density at radius 1 is 1.05 bits per heavy atom. The highest BCUT2D eigenvalue weighted by Gasteiger charge is 2.17. The van der Waals surface area contributed by atoms with Crippen molar-refractivity contribution in [2.45, 2.75) is 44.6 Å². The third-order valence-electron chi connectivity index (χ3n) is 4.27. The van der Waals surface area contributed by atoms with Gasteiger partial charge >= 0.3 is 0 Å². The maximum atomic E-state index is 11.9. The average molecular weight is 283 g/mol. The lowest BCUT2D eigenvalue weighted by molar-refractivity contribution is -0.132. The highest BCUT2D eigenvalue weighted by atomic mass is 16.3. The van der Waals surface area contributed by atoms with Gasteiger partial charge in [0.15, 0.2) is 0 Å². The lowest BCUT2D eigenvalue weighted by Gasteiger charge is -2.26. The molecule has 5 nitrogen and oxygen atoms in total. The number of hydrogen-bond donors (Lipinski definition) is 2. The predicted molar refractivity (Wildman–Crippen MR) is 79.6 cm³/mol. The second kappa shape index (κ2) is 8.60. The number of amides is 1. The van der Waals surface area contributed by atoms with Crippen LogP contribution in [0.3, 0.4) is 0 Å². The molecule has 2 N–H and O–H groups in total. The summed E-state index contributed by atoms with van der Waals surface area (Å²) in [5.41, 5.74) is 0. The minimum atomic E-state index is -0.321. The molecule has 2 rings (SSSR count). The van der Waals surface area contributed by atoms with E-state index < -0.39 is 0 Å². The molecule has 2 fully saturated rings. The minimum absolute atomic E-state index is 0.256. The molecule has 0 bridgehead atoms. The van der Waals surface area contributed by atoms with Crippen molar-refractivity contribution in [3.8, 4) is 0 Å². The van der Waals surface area contributed by atoms with Crippen LogP contribution < -0.4 is 5.32 Å². The van der Waals surface area contributed by atoms with Gasteiger partial charge in [0.2, 0.25) is 5.91 Å². The Morgan fingerprint density at radius 3 is 2.40 bits per heavy atom. The van der Waals surface area contributed by atoms with Crippen LogP contribution in [0.1, 0.15) is 38.5 Å². The van der Waals surface area contributed by atoms with Gasteiger partial charge in [-0.1, -0.05) is 0 Å². The molecular weight excluding hydrogens is 254 g/mol. The van der Waals surface area contributed by atoms with E-state index in [0.717, 1.165) is 45.6 Å². The predicted octanol–water partition coefficient (Wildman–Crippen LogP) is 0.435. The lowest BCUT2D eigenvalue weighted by Crippen LogP contribution is -2.40. The van der Waals surface area contributed by atoms with E-state index in [1.54, 1.807) is 0 Å². The van der Waals surface area contributed by atoms with E-state index in [1.807, 2.05) is 4.90 Å². The summed E-state index contributed by atoms with van der Waals surface area (Å²) in [5, 5.41) is 13.1. The van der Waals surface area contributed by atoms with Crippen molar-refractivity contribution in [1.82, 2.24) is 15.1 Å². The second-order valence-corrected chi connectivity index (χ2v) is 6.06. The molecule has 1 unspecified atom stereocenters. The Morgan fingerprint density at radius 2 is 1.70 bits per heavy atom. The van der Waals surface area contributed by atoms with Gasteiger partial charge in [-0.05, 0) is 45.2 Å². The zero-order chi connectivity index (χ0) is 14.2. The van der Waals surface area contributed by atoms with Crippen LogP contribution in [-0.4, -0.2) is 72.7 Å². The molecule has 1 amide bonds. The van der Waals surface area contributed by atoms with Crippen LogP contribution in [0.4, 0.5) is 0 Å². The molecule has 0 aromatic rings. The van der Waals surface area contributed by atoms with Crippen LogP contribution in [0.25, 0.3) is 0 Å². The van der Waals surface area contributed by atoms with Crippen molar-refractivity contribution in [3.63, 3.8) is 0 Å². The molecule has 0 saturated carbocycles. The third kappa shape index (κ3) is 5.38. The fraction of sp³-hybridized carbons (Fsp3) is 0.933. The Hall–Kier alpha value is -0.650. The molecule has 0 aromatic carbocycles. The van der Waals surface area contributed by atoms with Gasteiger partial charge < -0.3 is 20.2 Å². The van der Waals surface area contributed by atoms with Crippen LogP contribution in [0.2, 0.25) is 0 Å². The minimum Gasteiger partial charge on any atom is -0.390 e. The van der Waals surface area contributed by atoms with Gasteiger partial charge in [0.25, 0.3) is 0 Å². The molecule has 2 saturated heterocycles. The van der Waals surface area contributed by atoms with Crippen molar-refractivity contribution in [2.24, 2.45) is 0 Å². The molecule has 2 aliphatic rings. The van der Waals surface area contributed by atoms with Crippen LogP contribution in [0.5, 0.6) is 0 Å². The summed E-state index contributed by atoms with van der Waals surface area (Å²) < 4.78 is 0. The van der Waals surface area contributed by atoms with Gasteiger partial charge in [-0.3, -0.25) is 4.79 Å². The van der Waals surface area contributed by atoms with E-state index in [9.17, 15) is 9.90 Å². The van der Waals surface area contributed by atoms with Crippen molar-refractivity contribution in [2.75, 3.05) is 45.8 Å². The molecule has 20 heavy (non-hydrogen) atoms. The summed E-state index contributed by atoms with van der Waals surface area (Å²) in [7, 11) is 0. The maximum absolute atomic E-state index is 11.9. The van der Waals surface area contributed by atoms with Gasteiger partial charge in [-0.25, -0.2) is 0 Å². The van der Waals surface area contributed by atoms with E-state index in [1.165, 1.54) is 19.3 Å². The van der Waals surface area contributed by atoms with Crippen LogP contribution in [-0.2, 0) is 4.79 Å². The highest BCUT2D eigenvalue weighted by molar-refractivity contribution is 5.76. The van der Waals surface area contributed by atoms with E-state index in [-0.39, 0.29) is 12.0 Å². The molecule has 0 spiro atoms. The van der Waals surface area contributed by atoms with Gasteiger partial charge in [-0.2, -0.15) is 0 Å². The summed E-state index contributed by atoms with van der Waals surface area (Å²) in [6.07, 6.45) is 6.29. The molecule has 0 aliphatic carbocycles. The average Bonchev–Trinajstić information content (AvgIpc) is 2.97. The largest absolute Gasteiger partial charge is 0.390 e. The Labute approximate surface area is 122 Å². The third-order valence-corrected chi connectivity index (χ3v) is 4.27. The number of likely N-dealkylation sites (tertiary alicyclic amines) is 2. The quantitative estimate of drug-likeness (QED) is 0.666. The Bertz CT molecular complexity index is 287. The summed E-state index contributed by atoms with van der Waals surface area (Å²) in [6.45, 7) is 6.10. The molecule has 1 atom stereocenters. The number of rotatable bonds is 7. The normalized spacial score (nSPS) is 22.1. The van der Waals surface area contributed by atoms with Crippen molar-refractivity contribution in [1.29, 1.82) is 0 Å². The zero-order valence-corrected chi connectivity index (χ0v) is 12.5. The van der Waals surface area contributed by atoms with E-state index >= 15 is 0 Å².